The molecule has 1 aromatic carbocycles. The Morgan fingerprint density at radius 1 is 1.50 bits per heavy atom. The molecule has 3 nitrogen and oxygen atoms in total. The van der Waals surface area contributed by atoms with Crippen LogP contribution in [0.1, 0.15) is 18.9 Å². The second-order valence-electron chi connectivity index (χ2n) is 4.72. The summed E-state index contributed by atoms with van der Waals surface area (Å²) in [6.45, 7) is 0.385. The quantitative estimate of drug-likeness (QED) is 0.795. The van der Waals surface area contributed by atoms with Crippen LogP contribution in [0.4, 0.5) is 8.78 Å². The Morgan fingerprint density at radius 2 is 2.20 bits per heavy atom. The molecule has 0 aliphatic rings. The molecule has 1 rings (SSSR count). The Labute approximate surface area is 126 Å². The number of hydrogen-bond acceptors (Lipinski definition) is 2. The van der Waals surface area contributed by atoms with E-state index in [2.05, 4.69) is 21.2 Å². The van der Waals surface area contributed by atoms with Gasteiger partial charge in [0.2, 0.25) is 5.91 Å². The van der Waals surface area contributed by atoms with E-state index in [0.717, 1.165) is 10.0 Å². The standard InChI is InChI=1S/C14H19BrF2N2O/c1-2-11(6-10-4-3-5-12(15)7-10)13(20)19-9-14(16,17)8-18/h3-5,7,11H,2,6,8-9,18H2,1H3,(H,19,20). The van der Waals surface area contributed by atoms with Crippen LogP contribution in [0.15, 0.2) is 28.7 Å². The first-order valence-corrected chi connectivity index (χ1v) is 7.27. The molecular formula is C14H19BrF2N2O. The molecule has 1 aromatic rings. The van der Waals surface area contributed by atoms with Crippen LogP contribution >= 0.6 is 15.9 Å². The molecule has 20 heavy (non-hydrogen) atoms. The van der Waals surface area contributed by atoms with Crippen molar-refractivity contribution in [1.29, 1.82) is 0 Å². The molecule has 0 radical (unpaired) electrons. The lowest BCUT2D eigenvalue weighted by Crippen LogP contribution is -2.43. The first-order valence-electron chi connectivity index (χ1n) is 6.48. The summed E-state index contributed by atoms with van der Waals surface area (Å²) in [5.74, 6) is -3.73. The fraction of sp³-hybridized carbons (Fsp3) is 0.500. The van der Waals surface area contributed by atoms with Crippen molar-refractivity contribution in [2.24, 2.45) is 11.7 Å². The van der Waals surface area contributed by atoms with E-state index in [-0.39, 0.29) is 11.8 Å². The van der Waals surface area contributed by atoms with Gasteiger partial charge in [0, 0.05) is 10.4 Å². The van der Waals surface area contributed by atoms with Crippen molar-refractivity contribution in [3.8, 4) is 0 Å². The third-order valence-electron chi connectivity index (χ3n) is 3.05. The van der Waals surface area contributed by atoms with Gasteiger partial charge in [0.05, 0.1) is 13.1 Å². The average Bonchev–Trinajstić information content (AvgIpc) is 2.42. The highest BCUT2D eigenvalue weighted by Crippen LogP contribution is 2.17. The van der Waals surface area contributed by atoms with Gasteiger partial charge in [-0.1, -0.05) is 35.0 Å². The third kappa shape index (κ3) is 5.54. The van der Waals surface area contributed by atoms with Crippen molar-refractivity contribution in [3.63, 3.8) is 0 Å². The molecule has 0 fully saturated rings. The van der Waals surface area contributed by atoms with Crippen LogP contribution in [0, 0.1) is 5.92 Å². The highest BCUT2D eigenvalue weighted by atomic mass is 79.9. The van der Waals surface area contributed by atoms with Gasteiger partial charge in [0.25, 0.3) is 5.92 Å². The van der Waals surface area contributed by atoms with Gasteiger partial charge in [-0.15, -0.1) is 0 Å². The van der Waals surface area contributed by atoms with Gasteiger partial charge in [0.15, 0.2) is 0 Å². The molecule has 0 saturated carbocycles. The van der Waals surface area contributed by atoms with Crippen molar-refractivity contribution in [1.82, 2.24) is 5.32 Å². The molecule has 0 saturated heterocycles. The fourth-order valence-corrected chi connectivity index (χ4v) is 2.25. The highest BCUT2D eigenvalue weighted by molar-refractivity contribution is 9.10. The van der Waals surface area contributed by atoms with E-state index in [4.69, 9.17) is 5.73 Å². The fourth-order valence-electron chi connectivity index (χ4n) is 1.80. The maximum atomic E-state index is 13.0. The van der Waals surface area contributed by atoms with Gasteiger partial charge in [-0.2, -0.15) is 0 Å². The predicted molar refractivity (Wildman–Crippen MR) is 78.6 cm³/mol. The third-order valence-corrected chi connectivity index (χ3v) is 3.55. The lowest BCUT2D eigenvalue weighted by atomic mass is 9.96. The first kappa shape index (κ1) is 17.0. The van der Waals surface area contributed by atoms with Crippen LogP contribution in [-0.4, -0.2) is 24.9 Å². The molecule has 1 amide bonds. The Bertz CT molecular complexity index is 455. The smallest absolute Gasteiger partial charge is 0.277 e. The summed E-state index contributed by atoms with van der Waals surface area (Å²) in [6.07, 6.45) is 1.11. The van der Waals surface area contributed by atoms with Crippen LogP contribution in [0.25, 0.3) is 0 Å². The number of rotatable bonds is 7. The number of carbonyl (C=O) groups is 1. The van der Waals surface area contributed by atoms with E-state index in [1.807, 2.05) is 31.2 Å². The number of amides is 1. The summed E-state index contributed by atoms with van der Waals surface area (Å²) < 4.78 is 27.0. The maximum absolute atomic E-state index is 13.0. The zero-order valence-corrected chi connectivity index (χ0v) is 12.9. The van der Waals surface area contributed by atoms with Crippen LogP contribution in [0.5, 0.6) is 0 Å². The summed E-state index contributed by atoms with van der Waals surface area (Å²) in [4.78, 5) is 11.9. The van der Waals surface area contributed by atoms with Gasteiger partial charge in [-0.25, -0.2) is 8.78 Å². The molecular weight excluding hydrogens is 330 g/mol. The minimum Gasteiger partial charge on any atom is -0.350 e. The Hall–Kier alpha value is -1.01. The van der Waals surface area contributed by atoms with Gasteiger partial charge < -0.3 is 11.1 Å². The van der Waals surface area contributed by atoms with Crippen molar-refractivity contribution in [2.75, 3.05) is 13.1 Å². The van der Waals surface area contributed by atoms with Gasteiger partial charge in [-0.05, 0) is 30.5 Å². The molecule has 0 heterocycles. The van der Waals surface area contributed by atoms with Crippen molar-refractivity contribution >= 4 is 21.8 Å². The van der Waals surface area contributed by atoms with Crippen LogP contribution < -0.4 is 11.1 Å². The average molecular weight is 349 g/mol. The number of hydrogen-bond donors (Lipinski definition) is 2. The van der Waals surface area contributed by atoms with Crippen molar-refractivity contribution < 1.29 is 13.6 Å². The van der Waals surface area contributed by atoms with Crippen molar-refractivity contribution in [2.45, 2.75) is 25.7 Å². The number of carbonyl (C=O) groups excluding carboxylic acids is 1. The molecule has 0 spiro atoms. The minimum absolute atomic E-state index is 0.321. The molecule has 112 valence electrons. The molecule has 3 N–H and O–H groups in total. The molecule has 0 aromatic heterocycles. The lowest BCUT2D eigenvalue weighted by molar-refractivity contribution is -0.126. The van der Waals surface area contributed by atoms with E-state index in [0.29, 0.717) is 12.8 Å². The van der Waals surface area contributed by atoms with Crippen LogP contribution in [-0.2, 0) is 11.2 Å². The highest BCUT2D eigenvalue weighted by Gasteiger charge is 2.28. The van der Waals surface area contributed by atoms with Gasteiger partial charge >= 0.3 is 0 Å². The summed E-state index contributed by atoms with van der Waals surface area (Å²) in [5.41, 5.74) is 5.93. The molecule has 6 heteroatoms. The van der Waals surface area contributed by atoms with E-state index >= 15 is 0 Å². The molecule has 1 unspecified atom stereocenters. The maximum Gasteiger partial charge on any atom is 0.277 e. The summed E-state index contributed by atoms with van der Waals surface area (Å²) in [5, 5.41) is 2.28. The van der Waals surface area contributed by atoms with Crippen LogP contribution in [0.3, 0.4) is 0 Å². The first-order chi connectivity index (χ1) is 9.38. The van der Waals surface area contributed by atoms with Crippen LogP contribution in [0.2, 0.25) is 0 Å². The Morgan fingerprint density at radius 3 is 2.75 bits per heavy atom. The zero-order chi connectivity index (χ0) is 15.2. The van der Waals surface area contributed by atoms with Gasteiger partial charge in [-0.3, -0.25) is 4.79 Å². The second kappa shape index (κ2) is 7.69. The number of nitrogens with two attached hydrogens (primary N) is 1. The lowest BCUT2D eigenvalue weighted by Gasteiger charge is -2.19. The van der Waals surface area contributed by atoms with E-state index in [9.17, 15) is 13.6 Å². The number of halogens is 3. The van der Waals surface area contributed by atoms with Crippen molar-refractivity contribution in [3.05, 3.63) is 34.3 Å². The molecule has 1 atom stereocenters. The topological polar surface area (TPSA) is 55.1 Å². The Kier molecular flexibility index (Phi) is 6.55. The summed E-state index contributed by atoms with van der Waals surface area (Å²) in [6, 6.07) is 7.61. The van der Waals surface area contributed by atoms with Gasteiger partial charge in [0.1, 0.15) is 0 Å². The van der Waals surface area contributed by atoms with E-state index < -0.39 is 19.0 Å². The van der Waals surface area contributed by atoms with E-state index in [1.165, 1.54) is 0 Å². The SMILES string of the molecule is CCC(Cc1cccc(Br)c1)C(=O)NCC(F)(F)CN. The second-order valence-corrected chi connectivity index (χ2v) is 5.63. The predicted octanol–water partition coefficient (Wildman–Crippen LogP) is 2.73. The number of benzene rings is 1. The minimum atomic E-state index is -3.05. The molecule has 0 aliphatic heterocycles. The monoisotopic (exact) mass is 348 g/mol. The Balaban J connectivity index is 2.59. The largest absolute Gasteiger partial charge is 0.350 e. The normalized spacial score (nSPS) is 13.1. The number of alkyl halides is 2. The summed E-state index contributed by atoms with van der Waals surface area (Å²) >= 11 is 3.36. The molecule has 0 aliphatic carbocycles. The number of nitrogens with one attached hydrogen (secondary N) is 1. The van der Waals surface area contributed by atoms with E-state index in [1.54, 1.807) is 0 Å². The zero-order valence-electron chi connectivity index (χ0n) is 11.3. The summed E-state index contributed by atoms with van der Waals surface area (Å²) in [7, 11) is 0. The molecule has 0 bridgehead atoms.